The van der Waals surface area contributed by atoms with E-state index in [0.717, 1.165) is 76.3 Å². The van der Waals surface area contributed by atoms with Crippen LogP contribution in [0.25, 0.3) is 11.3 Å². The fourth-order valence-electron chi connectivity index (χ4n) is 5.36. The van der Waals surface area contributed by atoms with Crippen LogP contribution in [0.15, 0.2) is 30.5 Å². The lowest BCUT2D eigenvalue weighted by Gasteiger charge is -2.46. The molecule has 1 aromatic heterocycles. The van der Waals surface area contributed by atoms with Crippen molar-refractivity contribution in [1.29, 1.82) is 0 Å². The van der Waals surface area contributed by atoms with Crippen molar-refractivity contribution in [3.8, 4) is 17.0 Å². The number of pyridine rings is 1. The molecule has 0 N–H and O–H groups in total. The van der Waals surface area contributed by atoms with Gasteiger partial charge in [0.25, 0.3) is 0 Å². The standard InChI is InChI=1S/C27H40N2O2/c1-6-13-27(14-7-2,29-15-17-31-18-16-29)23-20-28-24(19-25(23)30-5)26-21(8-3)11-10-12-22(26)9-4/h10-12,19-20H,6-9,13-18H2,1-5H3. The average Bonchev–Trinajstić information content (AvgIpc) is 2.83. The topological polar surface area (TPSA) is 34.6 Å². The van der Waals surface area contributed by atoms with Crippen LogP contribution in [0.4, 0.5) is 0 Å². The maximum atomic E-state index is 6.05. The normalized spacial score (nSPS) is 15.3. The zero-order chi connectivity index (χ0) is 22.3. The maximum Gasteiger partial charge on any atom is 0.127 e. The van der Waals surface area contributed by atoms with E-state index >= 15 is 0 Å². The van der Waals surface area contributed by atoms with Crippen molar-refractivity contribution in [1.82, 2.24) is 9.88 Å². The molecule has 1 aliphatic heterocycles. The summed E-state index contributed by atoms with van der Waals surface area (Å²) >= 11 is 0. The Morgan fingerprint density at radius 2 is 1.61 bits per heavy atom. The molecular formula is C27H40N2O2. The summed E-state index contributed by atoms with van der Waals surface area (Å²) in [7, 11) is 1.80. The Morgan fingerprint density at radius 1 is 1.00 bits per heavy atom. The average molecular weight is 425 g/mol. The van der Waals surface area contributed by atoms with Crippen LogP contribution < -0.4 is 4.74 Å². The zero-order valence-corrected chi connectivity index (χ0v) is 20.2. The van der Waals surface area contributed by atoms with Gasteiger partial charge in [-0.05, 0) is 36.8 Å². The van der Waals surface area contributed by atoms with E-state index in [1.165, 1.54) is 22.3 Å². The zero-order valence-electron chi connectivity index (χ0n) is 20.2. The lowest BCUT2D eigenvalue weighted by molar-refractivity contribution is -0.0342. The maximum absolute atomic E-state index is 6.05. The van der Waals surface area contributed by atoms with E-state index in [-0.39, 0.29) is 5.54 Å². The van der Waals surface area contributed by atoms with Crippen LogP contribution in [-0.4, -0.2) is 43.3 Å². The fourth-order valence-corrected chi connectivity index (χ4v) is 5.36. The highest BCUT2D eigenvalue weighted by atomic mass is 16.5. The largest absolute Gasteiger partial charge is 0.496 e. The first kappa shape index (κ1) is 23.7. The van der Waals surface area contributed by atoms with Gasteiger partial charge in [-0.1, -0.05) is 58.7 Å². The van der Waals surface area contributed by atoms with Crippen molar-refractivity contribution in [2.45, 2.75) is 71.8 Å². The van der Waals surface area contributed by atoms with Gasteiger partial charge in [0.05, 0.1) is 31.6 Å². The molecule has 0 atom stereocenters. The summed E-state index contributed by atoms with van der Waals surface area (Å²) in [4.78, 5) is 7.69. The minimum atomic E-state index is -0.0536. The van der Waals surface area contributed by atoms with E-state index < -0.39 is 0 Å². The Morgan fingerprint density at radius 3 is 2.13 bits per heavy atom. The molecule has 0 aliphatic carbocycles. The molecule has 2 aromatic rings. The molecule has 4 nitrogen and oxygen atoms in total. The minimum Gasteiger partial charge on any atom is -0.496 e. The molecule has 3 rings (SSSR count). The predicted octanol–water partition coefficient (Wildman–Crippen LogP) is 6.01. The molecule has 0 bridgehead atoms. The highest BCUT2D eigenvalue weighted by Crippen LogP contribution is 2.44. The van der Waals surface area contributed by atoms with Crippen molar-refractivity contribution >= 4 is 0 Å². The molecule has 4 heteroatoms. The van der Waals surface area contributed by atoms with Gasteiger partial charge >= 0.3 is 0 Å². The molecule has 170 valence electrons. The van der Waals surface area contributed by atoms with Crippen molar-refractivity contribution < 1.29 is 9.47 Å². The van der Waals surface area contributed by atoms with Crippen molar-refractivity contribution in [3.63, 3.8) is 0 Å². The molecule has 0 radical (unpaired) electrons. The van der Waals surface area contributed by atoms with Gasteiger partial charge in [-0.2, -0.15) is 0 Å². The Labute approximate surface area is 189 Å². The number of nitrogens with zero attached hydrogens (tertiary/aromatic N) is 2. The number of methoxy groups -OCH3 is 1. The fraction of sp³-hybridized carbons (Fsp3) is 0.593. The van der Waals surface area contributed by atoms with Crippen LogP contribution in [0, 0.1) is 0 Å². The molecule has 1 aromatic carbocycles. The van der Waals surface area contributed by atoms with E-state index in [2.05, 4.69) is 63.1 Å². The Bertz CT molecular complexity index is 815. The summed E-state index contributed by atoms with van der Waals surface area (Å²) in [6.07, 6.45) is 8.56. The van der Waals surface area contributed by atoms with Gasteiger partial charge in [0, 0.05) is 36.5 Å². The van der Waals surface area contributed by atoms with Crippen molar-refractivity contribution in [2.24, 2.45) is 0 Å². The molecule has 0 spiro atoms. The Hall–Kier alpha value is -1.91. The second-order valence-electron chi connectivity index (χ2n) is 8.56. The number of morpholine rings is 1. The number of benzene rings is 1. The third-order valence-electron chi connectivity index (χ3n) is 6.79. The monoisotopic (exact) mass is 424 g/mol. The first-order valence-corrected chi connectivity index (χ1v) is 12.1. The second-order valence-corrected chi connectivity index (χ2v) is 8.56. The van der Waals surface area contributed by atoms with E-state index in [0.29, 0.717) is 0 Å². The summed E-state index contributed by atoms with van der Waals surface area (Å²) in [6.45, 7) is 12.5. The first-order chi connectivity index (χ1) is 15.1. The molecule has 31 heavy (non-hydrogen) atoms. The number of ether oxygens (including phenoxy) is 2. The third-order valence-corrected chi connectivity index (χ3v) is 6.79. The van der Waals surface area contributed by atoms with Gasteiger partial charge in [0.1, 0.15) is 5.75 Å². The van der Waals surface area contributed by atoms with Gasteiger partial charge in [0.15, 0.2) is 0 Å². The quantitative estimate of drug-likeness (QED) is 0.468. The molecule has 1 saturated heterocycles. The van der Waals surface area contributed by atoms with Crippen LogP contribution in [0.2, 0.25) is 0 Å². The van der Waals surface area contributed by atoms with Gasteiger partial charge < -0.3 is 9.47 Å². The van der Waals surface area contributed by atoms with Gasteiger partial charge in [-0.25, -0.2) is 0 Å². The smallest absolute Gasteiger partial charge is 0.127 e. The molecule has 0 saturated carbocycles. The Kier molecular flexibility index (Phi) is 8.50. The van der Waals surface area contributed by atoms with E-state index in [9.17, 15) is 0 Å². The van der Waals surface area contributed by atoms with Crippen molar-refractivity contribution in [3.05, 3.63) is 47.2 Å². The van der Waals surface area contributed by atoms with Crippen LogP contribution in [0.3, 0.4) is 0 Å². The predicted molar refractivity (Wildman–Crippen MR) is 129 cm³/mol. The molecule has 1 fully saturated rings. The SMILES string of the molecule is CCCC(CCC)(c1cnc(-c2c(CC)cccc2CC)cc1OC)N1CCOCC1. The minimum absolute atomic E-state index is 0.0536. The highest BCUT2D eigenvalue weighted by molar-refractivity contribution is 5.70. The van der Waals surface area contributed by atoms with Crippen LogP contribution >= 0.6 is 0 Å². The summed E-state index contributed by atoms with van der Waals surface area (Å²) < 4.78 is 11.7. The first-order valence-electron chi connectivity index (χ1n) is 12.1. The molecular weight excluding hydrogens is 384 g/mol. The van der Waals surface area contributed by atoms with E-state index in [1.54, 1.807) is 7.11 Å². The number of aryl methyl sites for hydroxylation is 2. The van der Waals surface area contributed by atoms with Crippen molar-refractivity contribution in [2.75, 3.05) is 33.4 Å². The lowest BCUT2D eigenvalue weighted by Crippen LogP contribution is -2.51. The van der Waals surface area contributed by atoms with E-state index in [4.69, 9.17) is 14.5 Å². The molecule has 0 unspecified atom stereocenters. The number of hydrogen-bond acceptors (Lipinski definition) is 4. The molecule has 2 heterocycles. The molecule has 1 aliphatic rings. The van der Waals surface area contributed by atoms with E-state index in [1.807, 2.05) is 0 Å². The number of aromatic nitrogens is 1. The Balaban J connectivity index is 2.15. The van der Waals surface area contributed by atoms with Gasteiger partial charge in [0.2, 0.25) is 0 Å². The summed E-state index contributed by atoms with van der Waals surface area (Å²) in [5.41, 5.74) is 6.18. The summed E-state index contributed by atoms with van der Waals surface area (Å²) in [5, 5.41) is 0. The third kappa shape index (κ3) is 4.80. The van der Waals surface area contributed by atoms with Crippen LogP contribution in [0.1, 0.15) is 70.1 Å². The summed E-state index contributed by atoms with van der Waals surface area (Å²) in [5.74, 6) is 0.964. The van der Waals surface area contributed by atoms with Gasteiger partial charge in [-0.15, -0.1) is 0 Å². The van der Waals surface area contributed by atoms with Crippen LogP contribution in [-0.2, 0) is 23.1 Å². The number of rotatable bonds is 10. The second kappa shape index (κ2) is 11.1. The molecule has 0 amide bonds. The number of hydrogen-bond donors (Lipinski definition) is 0. The lowest BCUT2D eigenvalue weighted by atomic mass is 9.79. The van der Waals surface area contributed by atoms with Gasteiger partial charge in [-0.3, -0.25) is 9.88 Å². The highest BCUT2D eigenvalue weighted by Gasteiger charge is 2.40. The summed E-state index contributed by atoms with van der Waals surface area (Å²) in [6, 6.07) is 8.80. The van der Waals surface area contributed by atoms with Crippen LogP contribution in [0.5, 0.6) is 5.75 Å².